The predicted molar refractivity (Wildman–Crippen MR) is 61.9 cm³/mol. The fourth-order valence-corrected chi connectivity index (χ4v) is 1.29. The maximum Gasteiger partial charge on any atom is 0.334 e. The summed E-state index contributed by atoms with van der Waals surface area (Å²) in [5.74, 6) is -1.60. The highest BCUT2D eigenvalue weighted by Crippen LogP contribution is 2.04. The van der Waals surface area contributed by atoms with Crippen molar-refractivity contribution in [2.24, 2.45) is 0 Å². The van der Waals surface area contributed by atoms with Crippen molar-refractivity contribution in [1.82, 2.24) is 5.32 Å². The summed E-state index contributed by atoms with van der Waals surface area (Å²) >= 11 is 0. The van der Waals surface area contributed by atoms with E-state index < -0.39 is 18.0 Å². The molecule has 0 aliphatic rings. The number of hydrogen-bond donors (Lipinski definition) is 2. The number of benzene rings is 1. The Kier molecular flexibility index (Phi) is 4.84. The number of nitrogens with one attached hydrogen (secondary N) is 1. The molecule has 0 saturated heterocycles. The number of amides is 1. The third-order valence-corrected chi connectivity index (χ3v) is 2.26. The lowest BCUT2D eigenvalue weighted by molar-refractivity contribution is -0.148. The lowest BCUT2D eigenvalue weighted by Gasteiger charge is -2.11. The quantitative estimate of drug-likeness (QED) is 0.785. The Hall–Kier alpha value is -2.39. The van der Waals surface area contributed by atoms with E-state index in [4.69, 9.17) is 10.4 Å². The van der Waals surface area contributed by atoms with Gasteiger partial charge in [0.05, 0.1) is 18.2 Å². The van der Waals surface area contributed by atoms with Gasteiger partial charge >= 0.3 is 5.97 Å². The molecule has 0 aliphatic heterocycles. The van der Waals surface area contributed by atoms with Crippen molar-refractivity contribution >= 4 is 11.9 Å². The SMILES string of the molecule is COC(CNC(=O)c1cccc(C#N)c1)C(=O)O. The van der Waals surface area contributed by atoms with Crippen LogP contribution in [-0.4, -0.2) is 36.7 Å². The Morgan fingerprint density at radius 1 is 1.56 bits per heavy atom. The van der Waals surface area contributed by atoms with Crippen LogP contribution in [-0.2, 0) is 9.53 Å². The highest BCUT2D eigenvalue weighted by atomic mass is 16.5. The number of hydrogen-bond acceptors (Lipinski definition) is 4. The van der Waals surface area contributed by atoms with Gasteiger partial charge in [-0.25, -0.2) is 4.79 Å². The molecule has 94 valence electrons. The third kappa shape index (κ3) is 3.57. The number of ether oxygens (including phenoxy) is 1. The number of carboxylic acids is 1. The summed E-state index contributed by atoms with van der Waals surface area (Å²) in [7, 11) is 1.25. The standard InChI is InChI=1S/C12H12N2O4/c1-18-10(12(16)17)7-14-11(15)9-4-2-3-8(5-9)6-13/h2-5,10H,7H2,1H3,(H,14,15)(H,16,17). The van der Waals surface area contributed by atoms with Crippen LogP contribution in [0, 0.1) is 11.3 Å². The van der Waals surface area contributed by atoms with Crippen molar-refractivity contribution in [2.75, 3.05) is 13.7 Å². The normalized spacial score (nSPS) is 11.3. The molecule has 6 heteroatoms. The molecule has 0 heterocycles. The van der Waals surface area contributed by atoms with Crippen LogP contribution in [0.15, 0.2) is 24.3 Å². The van der Waals surface area contributed by atoms with Gasteiger partial charge in [0, 0.05) is 12.7 Å². The minimum atomic E-state index is -1.15. The van der Waals surface area contributed by atoms with Crippen molar-refractivity contribution in [3.8, 4) is 6.07 Å². The Morgan fingerprint density at radius 3 is 2.83 bits per heavy atom. The van der Waals surface area contributed by atoms with Crippen LogP contribution < -0.4 is 5.32 Å². The van der Waals surface area contributed by atoms with Gasteiger partial charge in [0.1, 0.15) is 0 Å². The summed E-state index contributed by atoms with van der Waals surface area (Å²) in [6, 6.07) is 8.04. The largest absolute Gasteiger partial charge is 0.479 e. The highest BCUT2D eigenvalue weighted by Gasteiger charge is 2.17. The summed E-state index contributed by atoms with van der Waals surface area (Å²) in [4.78, 5) is 22.3. The predicted octanol–water partition coefficient (Wildman–Crippen LogP) is 0.388. The maximum absolute atomic E-state index is 11.7. The van der Waals surface area contributed by atoms with E-state index in [1.165, 1.54) is 13.2 Å². The zero-order valence-corrected chi connectivity index (χ0v) is 9.71. The number of carboxylic acid groups (broad SMARTS) is 1. The Balaban J connectivity index is 2.65. The number of carbonyl (C=O) groups excluding carboxylic acids is 1. The second-order valence-electron chi connectivity index (χ2n) is 3.47. The van der Waals surface area contributed by atoms with Crippen LogP contribution in [0.1, 0.15) is 15.9 Å². The van der Waals surface area contributed by atoms with Gasteiger partial charge in [-0.2, -0.15) is 5.26 Å². The van der Waals surface area contributed by atoms with Gasteiger partial charge in [0.15, 0.2) is 6.10 Å². The van der Waals surface area contributed by atoms with Crippen LogP contribution >= 0.6 is 0 Å². The summed E-state index contributed by atoms with van der Waals surface area (Å²) in [6.07, 6.45) is -1.09. The van der Waals surface area contributed by atoms with Gasteiger partial charge in [0.25, 0.3) is 5.91 Å². The zero-order chi connectivity index (χ0) is 13.5. The number of nitriles is 1. The van der Waals surface area contributed by atoms with E-state index >= 15 is 0 Å². The molecule has 0 saturated carbocycles. The minimum Gasteiger partial charge on any atom is -0.479 e. The molecule has 18 heavy (non-hydrogen) atoms. The second-order valence-corrected chi connectivity index (χ2v) is 3.47. The first-order valence-electron chi connectivity index (χ1n) is 5.12. The van der Waals surface area contributed by atoms with Crippen LogP contribution in [0.2, 0.25) is 0 Å². The first-order chi connectivity index (χ1) is 8.58. The lowest BCUT2D eigenvalue weighted by atomic mass is 10.1. The van der Waals surface area contributed by atoms with Crippen LogP contribution in [0.4, 0.5) is 0 Å². The van der Waals surface area contributed by atoms with Crippen molar-refractivity contribution in [3.63, 3.8) is 0 Å². The number of nitrogens with zero attached hydrogens (tertiary/aromatic N) is 1. The minimum absolute atomic E-state index is 0.137. The van der Waals surface area contributed by atoms with Crippen molar-refractivity contribution in [3.05, 3.63) is 35.4 Å². The summed E-state index contributed by atoms with van der Waals surface area (Å²) < 4.78 is 4.68. The molecule has 0 bridgehead atoms. The first kappa shape index (κ1) is 13.7. The van der Waals surface area contributed by atoms with Crippen LogP contribution in [0.25, 0.3) is 0 Å². The van der Waals surface area contributed by atoms with E-state index in [-0.39, 0.29) is 6.54 Å². The van der Waals surface area contributed by atoms with Crippen LogP contribution in [0.3, 0.4) is 0 Å². The smallest absolute Gasteiger partial charge is 0.334 e. The fourth-order valence-electron chi connectivity index (χ4n) is 1.29. The molecule has 1 amide bonds. The molecule has 1 atom stereocenters. The number of methoxy groups -OCH3 is 1. The number of carbonyl (C=O) groups is 2. The van der Waals surface area contributed by atoms with Gasteiger partial charge in [0.2, 0.25) is 0 Å². The lowest BCUT2D eigenvalue weighted by Crippen LogP contribution is -2.37. The average molecular weight is 248 g/mol. The van der Waals surface area contributed by atoms with Gasteiger partial charge in [-0.15, -0.1) is 0 Å². The Morgan fingerprint density at radius 2 is 2.28 bits per heavy atom. The van der Waals surface area contributed by atoms with Crippen LogP contribution in [0.5, 0.6) is 0 Å². The van der Waals surface area contributed by atoms with Gasteiger partial charge in [-0.1, -0.05) is 6.07 Å². The van der Waals surface area contributed by atoms with Crippen molar-refractivity contribution < 1.29 is 19.4 Å². The molecule has 1 unspecified atom stereocenters. The Labute approximate surface area is 104 Å². The van der Waals surface area contributed by atoms with Gasteiger partial charge in [-0.3, -0.25) is 4.79 Å². The fraction of sp³-hybridized carbons (Fsp3) is 0.250. The van der Waals surface area contributed by atoms with E-state index in [1.54, 1.807) is 18.2 Å². The zero-order valence-electron chi connectivity index (χ0n) is 9.71. The highest BCUT2D eigenvalue weighted by molar-refractivity contribution is 5.94. The maximum atomic E-state index is 11.7. The van der Waals surface area contributed by atoms with E-state index in [0.29, 0.717) is 11.1 Å². The van der Waals surface area contributed by atoms with Crippen molar-refractivity contribution in [2.45, 2.75) is 6.10 Å². The monoisotopic (exact) mass is 248 g/mol. The van der Waals surface area contributed by atoms with E-state index in [0.717, 1.165) is 0 Å². The third-order valence-electron chi connectivity index (χ3n) is 2.26. The second kappa shape index (κ2) is 6.37. The Bertz CT molecular complexity index is 493. The van der Waals surface area contributed by atoms with Gasteiger partial charge < -0.3 is 15.2 Å². The average Bonchev–Trinajstić information content (AvgIpc) is 2.38. The molecular weight excluding hydrogens is 236 g/mol. The molecule has 0 spiro atoms. The number of rotatable bonds is 5. The van der Waals surface area contributed by atoms with Gasteiger partial charge in [-0.05, 0) is 18.2 Å². The molecule has 1 aromatic carbocycles. The van der Waals surface area contributed by atoms with Crippen molar-refractivity contribution in [1.29, 1.82) is 5.26 Å². The molecule has 2 N–H and O–H groups in total. The van der Waals surface area contributed by atoms with E-state index in [1.807, 2.05) is 6.07 Å². The van der Waals surface area contributed by atoms with E-state index in [2.05, 4.69) is 10.1 Å². The molecule has 0 fully saturated rings. The summed E-state index contributed by atoms with van der Waals surface area (Å²) in [6.45, 7) is -0.137. The molecule has 1 aromatic rings. The molecule has 6 nitrogen and oxygen atoms in total. The molecule has 0 aromatic heterocycles. The first-order valence-corrected chi connectivity index (χ1v) is 5.12. The summed E-state index contributed by atoms with van der Waals surface area (Å²) in [5, 5.41) is 19.8. The topological polar surface area (TPSA) is 99.4 Å². The molecule has 0 aliphatic carbocycles. The molecular formula is C12H12N2O4. The number of aliphatic carboxylic acids is 1. The summed E-state index contributed by atoms with van der Waals surface area (Å²) in [5.41, 5.74) is 0.665. The molecule has 1 rings (SSSR count). The molecule has 0 radical (unpaired) electrons. The van der Waals surface area contributed by atoms with E-state index in [9.17, 15) is 9.59 Å².